The largest absolute Gasteiger partial charge is 0.352 e. The summed E-state index contributed by atoms with van der Waals surface area (Å²) in [4.78, 5) is 13.1. The second-order valence-electron chi connectivity index (χ2n) is 5.75. The number of hydrogen-bond donors (Lipinski definition) is 2. The monoisotopic (exact) mass is 373 g/mol. The Morgan fingerprint density at radius 2 is 1.72 bits per heavy atom. The minimum atomic E-state index is 0.208. The second kappa shape index (κ2) is 7.68. The van der Waals surface area contributed by atoms with Gasteiger partial charge in [-0.15, -0.1) is 0 Å². The molecule has 0 unspecified atom stereocenters. The van der Waals surface area contributed by atoms with Gasteiger partial charge in [-0.05, 0) is 44.2 Å². The van der Waals surface area contributed by atoms with Gasteiger partial charge in [0.2, 0.25) is 5.95 Å². The van der Waals surface area contributed by atoms with E-state index in [9.17, 15) is 0 Å². The molecule has 128 valence electrons. The standard InChI is InChI=1S/C18H17Cl2N5/c1-11(2)22-18-24-16(12-5-7-21-8-6-12)10-17(25-18)23-15-4-3-13(19)9-14(15)20/h3-11H,1-2H3,(H2,22,23,24,25). The number of halogens is 2. The molecule has 5 nitrogen and oxygen atoms in total. The maximum atomic E-state index is 6.25. The van der Waals surface area contributed by atoms with Crippen LogP contribution in [0.1, 0.15) is 13.8 Å². The van der Waals surface area contributed by atoms with Gasteiger partial charge in [0.05, 0.1) is 16.4 Å². The minimum absolute atomic E-state index is 0.208. The fourth-order valence-electron chi connectivity index (χ4n) is 2.23. The first-order valence-corrected chi connectivity index (χ1v) is 8.55. The summed E-state index contributed by atoms with van der Waals surface area (Å²) in [7, 11) is 0. The first-order valence-electron chi connectivity index (χ1n) is 7.79. The lowest BCUT2D eigenvalue weighted by atomic mass is 10.2. The molecule has 7 heteroatoms. The van der Waals surface area contributed by atoms with Crippen LogP contribution in [0.2, 0.25) is 10.0 Å². The fourth-order valence-corrected chi connectivity index (χ4v) is 2.69. The van der Waals surface area contributed by atoms with E-state index in [4.69, 9.17) is 23.2 Å². The van der Waals surface area contributed by atoms with Crippen LogP contribution in [0.25, 0.3) is 11.3 Å². The quantitative estimate of drug-likeness (QED) is 0.625. The molecule has 0 amide bonds. The fraction of sp³-hybridized carbons (Fsp3) is 0.167. The molecule has 0 radical (unpaired) electrons. The zero-order chi connectivity index (χ0) is 17.8. The number of aromatic nitrogens is 3. The molecule has 0 saturated carbocycles. The van der Waals surface area contributed by atoms with Crippen LogP contribution in [0.5, 0.6) is 0 Å². The van der Waals surface area contributed by atoms with Crippen LogP contribution in [0, 0.1) is 0 Å². The molecule has 0 saturated heterocycles. The SMILES string of the molecule is CC(C)Nc1nc(Nc2ccc(Cl)cc2Cl)cc(-c2ccncc2)n1. The number of benzene rings is 1. The molecule has 3 rings (SSSR count). The van der Waals surface area contributed by atoms with Gasteiger partial charge in [0.25, 0.3) is 0 Å². The number of hydrogen-bond acceptors (Lipinski definition) is 5. The summed E-state index contributed by atoms with van der Waals surface area (Å²) in [6, 6.07) is 11.2. The summed E-state index contributed by atoms with van der Waals surface area (Å²) in [6.45, 7) is 4.07. The molecule has 0 fully saturated rings. The highest BCUT2D eigenvalue weighted by atomic mass is 35.5. The summed E-state index contributed by atoms with van der Waals surface area (Å²) in [5, 5.41) is 7.56. The van der Waals surface area contributed by atoms with Gasteiger partial charge in [-0.3, -0.25) is 4.98 Å². The van der Waals surface area contributed by atoms with E-state index in [0.717, 1.165) is 16.9 Å². The summed E-state index contributed by atoms with van der Waals surface area (Å²) in [5.41, 5.74) is 2.46. The Kier molecular flexibility index (Phi) is 5.36. The summed E-state index contributed by atoms with van der Waals surface area (Å²) >= 11 is 12.2. The summed E-state index contributed by atoms with van der Waals surface area (Å²) < 4.78 is 0. The van der Waals surface area contributed by atoms with Gasteiger partial charge in [0.1, 0.15) is 5.82 Å². The van der Waals surface area contributed by atoms with Crippen molar-refractivity contribution in [1.29, 1.82) is 0 Å². The Hall–Kier alpha value is -2.37. The van der Waals surface area contributed by atoms with Crippen LogP contribution in [0.15, 0.2) is 48.8 Å². The van der Waals surface area contributed by atoms with Crippen molar-refractivity contribution in [1.82, 2.24) is 15.0 Å². The molecule has 2 heterocycles. The highest BCUT2D eigenvalue weighted by Crippen LogP contribution is 2.29. The van der Waals surface area contributed by atoms with Crippen LogP contribution in [0.4, 0.5) is 17.5 Å². The number of anilines is 3. The molecule has 2 N–H and O–H groups in total. The first kappa shape index (κ1) is 17.5. The average Bonchev–Trinajstić information content (AvgIpc) is 2.57. The molecule has 1 aromatic carbocycles. The average molecular weight is 374 g/mol. The van der Waals surface area contributed by atoms with Gasteiger partial charge in [-0.25, -0.2) is 4.98 Å². The van der Waals surface area contributed by atoms with Gasteiger partial charge in [0.15, 0.2) is 0 Å². The van der Waals surface area contributed by atoms with Crippen LogP contribution in [-0.4, -0.2) is 21.0 Å². The van der Waals surface area contributed by atoms with Crippen molar-refractivity contribution in [3.63, 3.8) is 0 Å². The third kappa shape index (κ3) is 4.59. The molecule has 0 atom stereocenters. The van der Waals surface area contributed by atoms with Crippen molar-refractivity contribution >= 4 is 40.7 Å². The number of pyridine rings is 1. The van der Waals surface area contributed by atoms with Gasteiger partial charge >= 0.3 is 0 Å². The van der Waals surface area contributed by atoms with E-state index < -0.39 is 0 Å². The van der Waals surface area contributed by atoms with Gasteiger partial charge in [-0.2, -0.15) is 4.98 Å². The number of nitrogens with one attached hydrogen (secondary N) is 2. The summed E-state index contributed by atoms with van der Waals surface area (Å²) in [6.07, 6.45) is 3.46. The van der Waals surface area contributed by atoms with Gasteiger partial charge < -0.3 is 10.6 Å². The molecular weight excluding hydrogens is 357 g/mol. The lowest BCUT2D eigenvalue weighted by Crippen LogP contribution is -2.13. The van der Waals surface area contributed by atoms with Crippen molar-refractivity contribution in [3.8, 4) is 11.3 Å². The van der Waals surface area contributed by atoms with Crippen molar-refractivity contribution in [3.05, 3.63) is 58.8 Å². The molecule has 0 spiro atoms. The molecule has 2 aromatic heterocycles. The third-order valence-electron chi connectivity index (χ3n) is 3.31. The van der Waals surface area contributed by atoms with Crippen molar-refractivity contribution in [2.75, 3.05) is 10.6 Å². The van der Waals surface area contributed by atoms with Crippen molar-refractivity contribution < 1.29 is 0 Å². The Morgan fingerprint density at radius 1 is 0.960 bits per heavy atom. The smallest absolute Gasteiger partial charge is 0.225 e. The Labute approximate surface area is 156 Å². The topological polar surface area (TPSA) is 62.7 Å². The predicted molar refractivity (Wildman–Crippen MR) is 104 cm³/mol. The lowest BCUT2D eigenvalue weighted by molar-refractivity contribution is 0.876. The molecule has 0 aliphatic heterocycles. The van der Waals surface area contributed by atoms with E-state index >= 15 is 0 Å². The first-order chi connectivity index (χ1) is 12.0. The van der Waals surface area contributed by atoms with E-state index in [1.165, 1.54) is 0 Å². The van der Waals surface area contributed by atoms with Crippen LogP contribution < -0.4 is 10.6 Å². The Bertz CT molecular complexity index is 869. The summed E-state index contributed by atoms with van der Waals surface area (Å²) in [5.74, 6) is 1.17. The van der Waals surface area contributed by atoms with E-state index in [2.05, 4.69) is 25.6 Å². The zero-order valence-corrected chi connectivity index (χ0v) is 15.3. The van der Waals surface area contributed by atoms with Crippen molar-refractivity contribution in [2.45, 2.75) is 19.9 Å². The Morgan fingerprint density at radius 3 is 2.40 bits per heavy atom. The molecular formula is C18H17Cl2N5. The van der Waals surface area contributed by atoms with Gasteiger partial charge in [-0.1, -0.05) is 23.2 Å². The number of nitrogens with zero attached hydrogens (tertiary/aromatic N) is 3. The second-order valence-corrected chi connectivity index (χ2v) is 6.59. The van der Waals surface area contributed by atoms with Crippen LogP contribution >= 0.6 is 23.2 Å². The molecule has 25 heavy (non-hydrogen) atoms. The predicted octanol–water partition coefficient (Wildman–Crippen LogP) is 5.41. The van der Waals surface area contributed by atoms with Crippen molar-refractivity contribution in [2.24, 2.45) is 0 Å². The maximum Gasteiger partial charge on any atom is 0.225 e. The molecule has 0 aliphatic carbocycles. The highest BCUT2D eigenvalue weighted by molar-refractivity contribution is 6.36. The minimum Gasteiger partial charge on any atom is -0.352 e. The normalized spacial score (nSPS) is 10.8. The van der Waals surface area contributed by atoms with Gasteiger partial charge in [0, 0.05) is 35.1 Å². The van der Waals surface area contributed by atoms with Crippen LogP contribution in [0.3, 0.4) is 0 Å². The molecule has 3 aromatic rings. The Balaban J connectivity index is 2.00. The van der Waals surface area contributed by atoms with E-state index in [1.807, 2.05) is 38.1 Å². The van der Waals surface area contributed by atoms with E-state index in [0.29, 0.717) is 21.8 Å². The zero-order valence-electron chi connectivity index (χ0n) is 13.8. The third-order valence-corrected chi connectivity index (χ3v) is 3.86. The molecule has 0 bridgehead atoms. The number of rotatable bonds is 5. The van der Waals surface area contributed by atoms with E-state index in [-0.39, 0.29) is 6.04 Å². The molecule has 0 aliphatic rings. The van der Waals surface area contributed by atoms with E-state index in [1.54, 1.807) is 24.5 Å². The lowest BCUT2D eigenvalue weighted by Gasteiger charge is -2.14. The van der Waals surface area contributed by atoms with Crippen LogP contribution in [-0.2, 0) is 0 Å². The maximum absolute atomic E-state index is 6.25. The highest BCUT2D eigenvalue weighted by Gasteiger charge is 2.09.